The molecule has 0 bridgehead atoms. The Morgan fingerprint density at radius 2 is 0.875 bits per heavy atom. The molecule has 0 saturated carbocycles. The van der Waals surface area contributed by atoms with Crippen LogP contribution in [0.25, 0.3) is 67.2 Å². The lowest BCUT2D eigenvalue weighted by Gasteiger charge is -2.39. The van der Waals surface area contributed by atoms with Crippen molar-refractivity contribution in [2.75, 3.05) is 0 Å². The van der Waals surface area contributed by atoms with E-state index in [1.165, 1.54) is 0 Å². The number of nitriles is 1. The summed E-state index contributed by atoms with van der Waals surface area (Å²) in [6, 6.07) is 64.8. The van der Waals surface area contributed by atoms with Crippen molar-refractivity contribution < 1.29 is 4.74 Å². The van der Waals surface area contributed by atoms with Crippen LogP contribution in [-0.4, -0.2) is 15.0 Å². The summed E-state index contributed by atoms with van der Waals surface area (Å²) in [6.45, 7) is 0. The lowest BCUT2D eigenvalue weighted by Crippen LogP contribution is -2.32. The Morgan fingerprint density at radius 1 is 0.393 bits per heavy atom. The lowest BCUT2D eigenvalue weighted by atomic mass is 9.66. The minimum absolute atomic E-state index is 0.589. The molecule has 0 fully saturated rings. The zero-order chi connectivity index (χ0) is 37.2. The molecule has 56 heavy (non-hydrogen) atoms. The van der Waals surface area contributed by atoms with Gasteiger partial charge in [-0.1, -0.05) is 164 Å². The maximum absolute atomic E-state index is 10.1. The minimum atomic E-state index is -0.720. The smallest absolute Gasteiger partial charge is 0.164 e. The zero-order valence-electron chi connectivity index (χ0n) is 30.0. The Kier molecular flexibility index (Phi) is 7.07. The van der Waals surface area contributed by atoms with E-state index in [0.29, 0.717) is 23.0 Å². The molecule has 0 saturated heterocycles. The Bertz CT molecular complexity index is 2970. The third-order valence-corrected chi connectivity index (χ3v) is 11.3. The Hall–Kier alpha value is -7.68. The van der Waals surface area contributed by atoms with Gasteiger partial charge in [-0.2, -0.15) is 5.26 Å². The monoisotopic (exact) mass is 714 g/mol. The minimum Gasteiger partial charge on any atom is -0.457 e. The predicted molar refractivity (Wildman–Crippen MR) is 221 cm³/mol. The summed E-state index contributed by atoms with van der Waals surface area (Å²) >= 11 is 0. The molecule has 0 atom stereocenters. The molecule has 1 aliphatic heterocycles. The summed E-state index contributed by atoms with van der Waals surface area (Å²) in [4.78, 5) is 15.6. The molecule has 9 aromatic rings. The first kappa shape index (κ1) is 31.8. The highest BCUT2D eigenvalue weighted by molar-refractivity contribution is 6.07. The highest BCUT2D eigenvalue weighted by atomic mass is 16.5. The van der Waals surface area contributed by atoms with E-state index in [0.717, 1.165) is 83.5 Å². The normalized spacial score (nSPS) is 12.9. The molecule has 5 nitrogen and oxygen atoms in total. The number of para-hydroxylation sites is 2. The summed E-state index contributed by atoms with van der Waals surface area (Å²) in [7, 11) is 0. The van der Waals surface area contributed by atoms with Crippen molar-refractivity contribution in [3.63, 3.8) is 0 Å². The number of ether oxygens (including phenoxy) is 1. The average molecular weight is 715 g/mol. The van der Waals surface area contributed by atoms with Gasteiger partial charge in [0.2, 0.25) is 0 Å². The fraction of sp³-hybridized carbons (Fsp3) is 0.0196. The number of fused-ring (bicyclic) bond motifs is 10. The fourth-order valence-corrected chi connectivity index (χ4v) is 8.96. The molecule has 2 heterocycles. The van der Waals surface area contributed by atoms with E-state index in [1.54, 1.807) is 0 Å². The van der Waals surface area contributed by atoms with Gasteiger partial charge in [0.05, 0.1) is 17.0 Å². The maximum atomic E-state index is 10.1. The second kappa shape index (κ2) is 12.4. The summed E-state index contributed by atoms with van der Waals surface area (Å²) in [5.41, 5.74) is 11.3. The Labute approximate surface area is 323 Å². The van der Waals surface area contributed by atoms with Crippen molar-refractivity contribution in [3.05, 3.63) is 210 Å². The topological polar surface area (TPSA) is 71.7 Å². The molecule has 11 rings (SSSR count). The van der Waals surface area contributed by atoms with Crippen molar-refractivity contribution in [3.8, 4) is 74.0 Å². The quantitative estimate of drug-likeness (QED) is 0.181. The van der Waals surface area contributed by atoms with Crippen LogP contribution >= 0.6 is 0 Å². The molecule has 0 amide bonds. The number of rotatable bonds is 4. The number of nitrogens with zero attached hydrogens (tertiary/aromatic N) is 4. The number of aromatic nitrogens is 3. The second-order valence-corrected chi connectivity index (χ2v) is 14.2. The van der Waals surface area contributed by atoms with Gasteiger partial charge in [0, 0.05) is 33.2 Å². The molecule has 1 aromatic heterocycles. The third-order valence-electron chi connectivity index (χ3n) is 11.3. The van der Waals surface area contributed by atoms with E-state index in [9.17, 15) is 5.26 Å². The fourth-order valence-electron chi connectivity index (χ4n) is 8.96. The molecule has 5 heteroatoms. The van der Waals surface area contributed by atoms with Crippen LogP contribution in [0.5, 0.6) is 11.5 Å². The van der Waals surface area contributed by atoms with Gasteiger partial charge in [-0.3, -0.25) is 0 Å². The van der Waals surface area contributed by atoms with Crippen molar-refractivity contribution >= 4 is 10.8 Å². The first-order valence-corrected chi connectivity index (χ1v) is 18.7. The van der Waals surface area contributed by atoms with Gasteiger partial charge in [0.1, 0.15) is 11.5 Å². The first-order valence-electron chi connectivity index (χ1n) is 18.7. The molecule has 1 aliphatic carbocycles. The van der Waals surface area contributed by atoms with E-state index < -0.39 is 5.41 Å². The molecular formula is C51H30N4O. The highest BCUT2D eigenvalue weighted by Crippen LogP contribution is 2.64. The van der Waals surface area contributed by atoms with E-state index in [-0.39, 0.29) is 0 Å². The van der Waals surface area contributed by atoms with Crippen LogP contribution < -0.4 is 4.74 Å². The predicted octanol–water partition coefficient (Wildman–Crippen LogP) is 12.0. The summed E-state index contributed by atoms with van der Waals surface area (Å²) in [6.07, 6.45) is 0. The van der Waals surface area contributed by atoms with Gasteiger partial charge in [0.15, 0.2) is 17.5 Å². The van der Waals surface area contributed by atoms with Gasteiger partial charge in [0.25, 0.3) is 0 Å². The van der Waals surface area contributed by atoms with Crippen molar-refractivity contribution in [2.24, 2.45) is 0 Å². The highest BCUT2D eigenvalue weighted by Gasteiger charge is 2.52. The first-order chi connectivity index (χ1) is 27.7. The standard InChI is InChI=1S/C51H30N4O/c52-31-34-29-30-37(36-20-8-7-19-35(34)36)38-21-13-25-42-46(38)47-39(50-54-48(32-15-3-1-4-16-32)53-49(55-50)33-17-5-2-6-18-33)22-14-26-43(47)51(42)40-23-9-11-27-44(40)56-45-28-12-10-24-41(45)51/h1-30H. The molecule has 0 radical (unpaired) electrons. The summed E-state index contributed by atoms with van der Waals surface area (Å²) in [5.74, 6) is 3.44. The van der Waals surface area contributed by atoms with Gasteiger partial charge in [-0.15, -0.1) is 0 Å². The number of hydrogen-bond acceptors (Lipinski definition) is 5. The lowest BCUT2D eigenvalue weighted by molar-refractivity contribution is 0.436. The third kappa shape index (κ3) is 4.57. The summed E-state index contributed by atoms with van der Waals surface area (Å²) < 4.78 is 6.67. The summed E-state index contributed by atoms with van der Waals surface area (Å²) in [5, 5.41) is 12.1. The SMILES string of the molecule is N#Cc1ccc(-c2cccc3c2-c2c(-c4nc(-c5ccccc5)nc(-c5ccccc5)n4)cccc2C32c3ccccc3Oc3ccccc32)c2ccccc12. The number of hydrogen-bond donors (Lipinski definition) is 0. The second-order valence-electron chi connectivity index (χ2n) is 14.2. The number of benzene rings is 8. The molecule has 1 spiro atoms. The van der Waals surface area contributed by atoms with E-state index in [4.69, 9.17) is 19.7 Å². The molecule has 260 valence electrons. The van der Waals surface area contributed by atoms with Gasteiger partial charge in [-0.05, 0) is 57.0 Å². The van der Waals surface area contributed by atoms with Crippen LogP contribution in [0.15, 0.2) is 182 Å². The van der Waals surface area contributed by atoms with Crippen LogP contribution in [0.2, 0.25) is 0 Å². The van der Waals surface area contributed by atoms with Crippen molar-refractivity contribution in [1.82, 2.24) is 15.0 Å². The average Bonchev–Trinajstić information content (AvgIpc) is 3.57. The molecule has 0 N–H and O–H groups in total. The van der Waals surface area contributed by atoms with Gasteiger partial charge in [-0.25, -0.2) is 15.0 Å². The van der Waals surface area contributed by atoms with E-state index in [1.807, 2.05) is 97.1 Å². The largest absolute Gasteiger partial charge is 0.457 e. The molecule has 0 unspecified atom stereocenters. The van der Waals surface area contributed by atoms with E-state index in [2.05, 4.69) is 91.0 Å². The Morgan fingerprint density at radius 3 is 1.48 bits per heavy atom. The zero-order valence-corrected chi connectivity index (χ0v) is 30.0. The Balaban J connectivity index is 1.29. The van der Waals surface area contributed by atoms with Crippen LogP contribution in [0, 0.1) is 11.3 Å². The van der Waals surface area contributed by atoms with Gasteiger partial charge < -0.3 is 4.74 Å². The van der Waals surface area contributed by atoms with Crippen molar-refractivity contribution in [2.45, 2.75) is 5.41 Å². The maximum Gasteiger partial charge on any atom is 0.164 e. The van der Waals surface area contributed by atoms with Crippen LogP contribution in [-0.2, 0) is 5.41 Å². The van der Waals surface area contributed by atoms with E-state index >= 15 is 0 Å². The van der Waals surface area contributed by atoms with Crippen LogP contribution in [0.4, 0.5) is 0 Å². The molecule has 2 aliphatic rings. The molecule has 8 aromatic carbocycles. The molecular weight excluding hydrogens is 685 g/mol. The van der Waals surface area contributed by atoms with Gasteiger partial charge >= 0.3 is 0 Å². The van der Waals surface area contributed by atoms with Crippen molar-refractivity contribution in [1.29, 1.82) is 5.26 Å². The van der Waals surface area contributed by atoms with Crippen LogP contribution in [0.3, 0.4) is 0 Å². The van der Waals surface area contributed by atoms with Crippen LogP contribution in [0.1, 0.15) is 27.8 Å².